The van der Waals surface area contributed by atoms with Gasteiger partial charge in [0.05, 0.1) is 28.1 Å². The van der Waals surface area contributed by atoms with Crippen LogP contribution in [0.25, 0.3) is 111 Å². The molecule has 0 fully saturated rings. The lowest BCUT2D eigenvalue weighted by Gasteiger charge is -2.16. The fraction of sp³-hybridized carbons (Fsp3) is 0. The van der Waals surface area contributed by atoms with Crippen molar-refractivity contribution in [3.63, 3.8) is 0 Å². The van der Waals surface area contributed by atoms with Crippen LogP contribution in [-0.2, 0) is 0 Å². The van der Waals surface area contributed by atoms with Gasteiger partial charge in [-0.05, 0) is 104 Å². The Morgan fingerprint density at radius 3 is 1.30 bits per heavy atom. The first kappa shape index (κ1) is 38.9. The molecule has 3 heteroatoms. The highest BCUT2D eigenvalue weighted by molar-refractivity contribution is 6.11. The molecule has 0 aliphatic carbocycles. The predicted octanol–water partition coefficient (Wildman–Crippen LogP) is 16.6. The zero-order valence-electron chi connectivity index (χ0n) is 36.2. The van der Waals surface area contributed by atoms with E-state index >= 15 is 0 Å². The smallest absolute Gasteiger partial charge is 0.0940 e. The number of para-hydroxylation sites is 2. The zero-order valence-corrected chi connectivity index (χ0v) is 36.2. The van der Waals surface area contributed by atoms with Gasteiger partial charge in [0, 0.05) is 27.6 Å². The molecule has 3 nitrogen and oxygen atoms in total. The van der Waals surface area contributed by atoms with Crippen LogP contribution in [0.1, 0.15) is 0 Å². The highest BCUT2D eigenvalue weighted by Crippen LogP contribution is 2.42. The fourth-order valence-electron chi connectivity index (χ4n) is 9.77. The Balaban J connectivity index is 0.962. The van der Waals surface area contributed by atoms with Crippen LogP contribution in [0, 0.1) is 0 Å². The standard InChI is InChI=1S/C63H43N3/c1-4-20-44(21-5-1)51-27-12-16-32-56(51)60-43-63(57-33-17-13-28-52(57)45-22-6-2-7-23-45)66(64-60)49-39-36-46(37-40-49)50-26-10-14-30-54(50)55-31-15-11-29-53(55)47-38-41-62-59(42-47)58-34-18-19-35-61(58)65(62)48-24-8-3-9-25-48/h1-43H. The molecule has 0 amide bonds. The van der Waals surface area contributed by atoms with Crippen molar-refractivity contribution in [2.45, 2.75) is 0 Å². The lowest BCUT2D eigenvalue weighted by Crippen LogP contribution is -2.00. The molecule has 310 valence electrons. The van der Waals surface area contributed by atoms with E-state index in [0.717, 1.165) is 61.7 Å². The summed E-state index contributed by atoms with van der Waals surface area (Å²) in [6, 6.07) is 93.5. The SMILES string of the molecule is c1ccc(-c2ccccc2-c2cc(-c3ccccc3-c3ccccc3)n(-c3ccc(-c4ccccc4-c4ccccc4-c4ccc5c(c4)c4ccccc4n5-c4ccccc4)cc3)n2)cc1. The number of nitrogens with zero attached hydrogens (tertiary/aromatic N) is 3. The van der Waals surface area contributed by atoms with Crippen LogP contribution in [0.5, 0.6) is 0 Å². The Morgan fingerprint density at radius 1 is 0.258 bits per heavy atom. The Kier molecular flexibility index (Phi) is 9.85. The molecule has 0 saturated heterocycles. The third-order valence-electron chi connectivity index (χ3n) is 12.9. The average Bonchev–Trinajstić information content (AvgIpc) is 4.00. The van der Waals surface area contributed by atoms with Crippen molar-refractivity contribution in [3.8, 4) is 89.5 Å². The number of benzene rings is 10. The third kappa shape index (κ3) is 6.91. The summed E-state index contributed by atoms with van der Waals surface area (Å²) in [7, 11) is 0. The molecule has 0 atom stereocenters. The number of hydrogen-bond acceptors (Lipinski definition) is 1. The van der Waals surface area contributed by atoms with E-state index < -0.39 is 0 Å². The number of fused-ring (bicyclic) bond motifs is 3. The molecular formula is C63H43N3. The van der Waals surface area contributed by atoms with Crippen molar-refractivity contribution in [1.29, 1.82) is 0 Å². The molecular weight excluding hydrogens is 799 g/mol. The quantitative estimate of drug-likeness (QED) is 0.142. The maximum absolute atomic E-state index is 5.44. The van der Waals surface area contributed by atoms with E-state index in [9.17, 15) is 0 Å². The van der Waals surface area contributed by atoms with Gasteiger partial charge in [-0.2, -0.15) is 5.10 Å². The largest absolute Gasteiger partial charge is 0.309 e. The average molecular weight is 842 g/mol. The van der Waals surface area contributed by atoms with Crippen molar-refractivity contribution in [1.82, 2.24) is 14.3 Å². The molecule has 0 spiro atoms. The van der Waals surface area contributed by atoms with Crippen LogP contribution < -0.4 is 0 Å². The molecule has 0 bridgehead atoms. The molecule has 0 saturated carbocycles. The molecule has 66 heavy (non-hydrogen) atoms. The maximum atomic E-state index is 5.44. The monoisotopic (exact) mass is 841 g/mol. The van der Waals surface area contributed by atoms with Crippen LogP contribution in [0.2, 0.25) is 0 Å². The normalized spacial score (nSPS) is 11.3. The van der Waals surface area contributed by atoms with Crippen LogP contribution >= 0.6 is 0 Å². The van der Waals surface area contributed by atoms with Gasteiger partial charge in [-0.15, -0.1) is 0 Å². The summed E-state index contributed by atoms with van der Waals surface area (Å²) in [4.78, 5) is 0. The van der Waals surface area contributed by atoms with E-state index in [1.54, 1.807) is 0 Å². The van der Waals surface area contributed by atoms with Crippen LogP contribution in [-0.4, -0.2) is 14.3 Å². The van der Waals surface area contributed by atoms with Gasteiger partial charge < -0.3 is 4.57 Å². The molecule has 2 aromatic heterocycles. The van der Waals surface area contributed by atoms with Crippen molar-refractivity contribution < 1.29 is 0 Å². The van der Waals surface area contributed by atoms with Gasteiger partial charge in [0.15, 0.2) is 0 Å². The summed E-state index contributed by atoms with van der Waals surface area (Å²) >= 11 is 0. The summed E-state index contributed by atoms with van der Waals surface area (Å²) in [6.07, 6.45) is 0. The Bertz CT molecular complexity index is 3680. The summed E-state index contributed by atoms with van der Waals surface area (Å²) < 4.78 is 4.49. The van der Waals surface area contributed by atoms with Crippen LogP contribution in [0.3, 0.4) is 0 Å². The van der Waals surface area contributed by atoms with E-state index in [-0.39, 0.29) is 0 Å². The summed E-state index contributed by atoms with van der Waals surface area (Å²) in [6.45, 7) is 0. The topological polar surface area (TPSA) is 22.8 Å². The van der Waals surface area contributed by atoms with E-state index in [1.807, 2.05) is 0 Å². The molecule has 10 aromatic carbocycles. The Morgan fingerprint density at radius 2 is 0.682 bits per heavy atom. The summed E-state index contributed by atoms with van der Waals surface area (Å²) in [5.41, 5.74) is 20.4. The fourth-order valence-corrected chi connectivity index (χ4v) is 9.77. The number of aromatic nitrogens is 3. The van der Waals surface area contributed by atoms with Crippen molar-refractivity contribution in [2.24, 2.45) is 0 Å². The first-order valence-electron chi connectivity index (χ1n) is 22.5. The van der Waals surface area contributed by atoms with Gasteiger partial charge in [-0.25, -0.2) is 4.68 Å². The minimum Gasteiger partial charge on any atom is -0.309 e. The van der Waals surface area contributed by atoms with E-state index in [1.165, 1.54) is 49.6 Å². The van der Waals surface area contributed by atoms with Gasteiger partial charge in [0.25, 0.3) is 0 Å². The summed E-state index contributed by atoms with van der Waals surface area (Å²) in [5.74, 6) is 0. The zero-order chi connectivity index (χ0) is 43.8. The second-order valence-corrected chi connectivity index (χ2v) is 16.7. The molecule has 0 aliphatic rings. The van der Waals surface area contributed by atoms with Gasteiger partial charge in [-0.1, -0.05) is 212 Å². The van der Waals surface area contributed by atoms with Crippen LogP contribution in [0.15, 0.2) is 261 Å². The Hall–Kier alpha value is -8.79. The van der Waals surface area contributed by atoms with Gasteiger partial charge in [0.2, 0.25) is 0 Å². The molecule has 0 unspecified atom stereocenters. The molecule has 2 heterocycles. The lowest BCUT2D eigenvalue weighted by molar-refractivity contribution is 0.892. The highest BCUT2D eigenvalue weighted by atomic mass is 15.3. The third-order valence-corrected chi connectivity index (χ3v) is 12.9. The highest BCUT2D eigenvalue weighted by Gasteiger charge is 2.20. The van der Waals surface area contributed by atoms with E-state index in [0.29, 0.717) is 0 Å². The molecule has 0 N–H and O–H groups in total. The van der Waals surface area contributed by atoms with Crippen molar-refractivity contribution in [3.05, 3.63) is 261 Å². The second-order valence-electron chi connectivity index (χ2n) is 16.7. The van der Waals surface area contributed by atoms with Gasteiger partial charge in [0.1, 0.15) is 0 Å². The Labute approximate surface area is 384 Å². The predicted molar refractivity (Wildman–Crippen MR) is 276 cm³/mol. The first-order valence-corrected chi connectivity index (χ1v) is 22.5. The molecule has 0 aliphatic heterocycles. The van der Waals surface area contributed by atoms with E-state index in [2.05, 4.69) is 270 Å². The van der Waals surface area contributed by atoms with Crippen LogP contribution in [0.4, 0.5) is 0 Å². The van der Waals surface area contributed by atoms with Gasteiger partial charge >= 0.3 is 0 Å². The summed E-state index contributed by atoms with van der Waals surface area (Å²) in [5, 5.41) is 7.92. The van der Waals surface area contributed by atoms with Gasteiger partial charge in [-0.3, -0.25) is 0 Å². The lowest BCUT2D eigenvalue weighted by atomic mass is 9.89. The minimum absolute atomic E-state index is 0.918. The maximum Gasteiger partial charge on any atom is 0.0940 e. The minimum atomic E-state index is 0.918. The van der Waals surface area contributed by atoms with Crippen molar-refractivity contribution >= 4 is 21.8 Å². The molecule has 12 aromatic rings. The van der Waals surface area contributed by atoms with E-state index in [4.69, 9.17) is 5.10 Å². The first-order chi connectivity index (χ1) is 32.8. The molecule has 12 rings (SSSR count). The van der Waals surface area contributed by atoms with Crippen molar-refractivity contribution in [2.75, 3.05) is 0 Å². The molecule has 0 radical (unpaired) electrons. The second kappa shape index (κ2) is 16.7. The number of rotatable bonds is 9. The number of hydrogen-bond donors (Lipinski definition) is 0.